The Morgan fingerprint density at radius 2 is 2.11 bits per heavy atom. The first-order chi connectivity index (χ1) is 16.8. The summed E-state index contributed by atoms with van der Waals surface area (Å²) >= 11 is 0. The van der Waals surface area contributed by atoms with Crippen molar-refractivity contribution in [3.8, 4) is 11.4 Å². The maximum absolute atomic E-state index is 16.1. The Balaban J connectivity index is 1.60. The van der Waals surface area contributed by atoms with Gasteiger partial charge in [0.1, 0.15) is 23.0 Å². The minimum atomic E-state index is -1.28. The van der Waals surface area contributed by atoms with Crippen molar-refractivity contribution in [2.45, 2.75) is 44.7 Å². The fourth-order valence-electron chi connectivity index (χ4n) is 5.96. The molecule has 2 saturated heterocycles. The lowest BCUT2D eigenvalue weighted by Crippen LogP contribution is -2.77. The zero-order valence-corrected chi connectivity index (χ0v) is 19.2. The lowest BCUT2D eigenvalue weighted by Gasteiger charge is -2.58. The van der Waals surface area contributed by atoms with Crippen molar-refractivity contribution in [2.24, 2.45) is 5.41 Å². The van der Waals surface area contributed by atoms with Crippen LogP contribution < -0.4 is 15.5 Å². The minimum Gasteiger partial charge on any atom is -0.372 e. The normalized spacial score (nSPS) is 30.1. The topological polar surface area (TPSA) is 132 Å². The van der Waals surface area contributed by atoms with Gasteiger partial charge in [-0.05, 0) is 31.9 Å². The van der Waals surface area contributed by atoms with E-state index in [9.17, 15) is 9.59 Å². The zero-order valence-electron chi connectivity index (χ0n) is 19.2. The highest BCUT2D eigenvalue weighted by atomic mass is 19.1. The highest BCUT2D eigenvalue weighted by Gasteiger charge is 2.63. The molecule has 0 radical (unpaired) electrons. The molecule has 0 saturated carbocycles. The standard InChI is InChI=1S/C23H23FN6O5/c1-10-9-30-17-12(6-13-16(14-8-25-4-5-26-14)29-35-18(13)15(17)24)7-23(19(30)11(2)34-10)20(31)27-22(32)28-21(23)33-3/h4-6,8,10-11,19,21H,7,9H2,1-3H3,(H2,27,28,31,32). The number of morpholine rings is 1. The van der Waals surface area contributed by atoms with E-state index in [0.717, 1.165) is 0 Å². The smallest absolute Gasteiger partial charge is 0.323 e. The number of imide groups is 1. The summed E-state index contributed by atoms with van der Waals surface area (Å²) in [6.07, 6.45) is 3.00. The molecule has 5 unspecified atom stereocenters. The first-order valence-corrected chi connectivity index (χ1v) is 11.3. The van der Waals surface area contributed by atoms with Crippen LogP contribution in [0.3, 0.4) is 0 Å². The van der Waals surface area contributed by atoms with Gasteiger partial charge in [0.05, 0.1) is 35.5 Å². The summed E-state index contributed by atoms with van der Waals surface area (Å²) in [4.78, 5) is 35.9. The van der Waals surface area contributed by atoms with E-state index in [1.807, 2.05) is 18.7 Å². The Hall–Kier alpha value is -3.64. The summed E-state index contributed by atoms with van der Waals surface area (Å²) in [7, 11) is 1.43. The number of nitrogens with zero attached hydrogens (tertiary/aromatic N) is 4. The molecule has 182 valence electrons. The first-order valence-electron chi connectivity index (χ1n) is 11.3. The molecule has 0 aliphatic carbocycles. The summed E-state index contributed by atoms with van der Waals surface area (Å²) < 4.78 is 33.3. The summed E-state index contributed by atoms with van der Waals surface area (Å²) in [5.41, 5.74) is 0.389. The fourth-order valence-corrected chi connectivity index (χ4v) is 5.96. The van der Waals surface area contributed by atoms with E-state index in [4.69, 9.17) is 14.0 Å². The van der Waals surface area contributed by atoms with E-state index >= 15 is 4.39 Å². The zero-order chi connectivity index (χ0) is 24.5. The molecule has 0 bridgehead atoms. The Morgan fingerprint density at radius 1 is 1.29 bits per heavy atom. The fraction of sp³-hybridized carbons (Fsp3) is 0.435. The SMILES string of the molecule is COC1NC(=O)NC(=O)C12Cc1cc3c(-c4cnccn4)noc3c(F)c1N1CC(C)OC(C)C12. The molecule has 3 aliphatic heterocycles. The predicted octanol–water partition coefficient (Wildman–Crippen LogP) is 1.76. The third-order valence-electron chi connectivity index (χ3n) is 7.16. The van der Waals surface area contributed by atoms with Gasteiger partial charge in [-0.3, -0.25) is 20.1 Å². The van der Waals surface area contributed by atoms with Crippen LogP contribution in [0.2, 0.25) is 0 Å². The van der Waals surface area contributed by atoms with Crippen molar-refractivity contribution in [3.05, 3.63) is 36.0 Å². The number of anilines is 1. The number of ether oxygens (including phenoxy) is 2. The van der Waals surface area contributed by atoms with Crippen LogP contribution in [0.15, 0.2) is 29.2 Å². The monoisotopic (exact) mass is 482 g/mol. The van der Waals surface area contributed by atoms with Gasteiger partial charge in [-0.25, -0.2) is 9.18 Å². The Labute approximate surface area is 199 Å². The number of aromatic nitrogens is 3. The van der Waals surface area contributed by atoms with E-state index in [2.05, 4.69) is 25.8 Å². The maximum Gasteiger partial charge on any atom is 0.323 e. The van der Waals surface area contributed by atoms with E-state index in [1.54, 1.807) is 6.07 Å². The molecular weight excluding hydrogens is 459 g/mol. The maximum atomic E-state index is 16.1. The van der Waals surface area contributed by atoms with E-state index in [0.29, 0.717) is 34.6 Å². The Bertz CT molecular complexity index is 1350. The highest BCUT2D eigenvalue weighted by Crippen LogP contribution is 2.51. The van der Waals surface area contributed by atoms with Gasteiger partial charge >= 0.3 is 6.03 Å². The Kier molecular flexibility index (Phi) is 4.80. The predicted molar refractivity (Wildman–Crippen MR) is 120 cm³/mol. The number of urea groups is 1. The van der Waals surface area contributed by atoms with Gasteiger partial charge in [0.2, 0.25) is 11.5 Å². The first kappa shape index (κ1) is 21.9. The summed E-state index contributed by atoms with van der Waals surface area (Å²) in [5.74, 6) is -1.07. The van der Waals surface area contributed by atoms with Gasteiger partial charge in [-0.2, -0.15) is 0 Å². The molecule has 5 atom stereocenters. The number of fused-ring (bicyclic) bond motifs is 5. The van der Waals surface area contributed by atoms with Crippen LogP contribution >= 0.6 is 0 Å². The molecule has 1 aromatic carbocycles. The summed E-state index contributed by atoms with van der Waals surface area (Å²) in [5, 5.41) is 9.59. The number of methoxy groups -OCH3 is 1. The van der Waals surface area contributed by atoms with Crippen molar-refractivity contribution in [3.63, 3.8) is 0 Å². The number of nitrogens with one attached hydrogen (secondary N) is 2. The number of halogens is 1. The van der Waals surface area contributed by atoms with Crippen LogP contribution in [-0.2, 0) is 20.7 Å². The number of amides is 3. The molecule has 2 aromatic heterocycles. The molecule has 12 heteroatoms. The van der Waals surface area contributed by atoms with Gasteiger partial charge in [0, 0.05) is 26.0 Å². The number of carbonyl (C=O) groups excluding carboxylic acids is 2. The van der Waals surface area contributed by atoms with Crippen molar-refractivity contribution < 1.29 is 28.0 Å². The molecule has 6 rings (SSSR count). The summed E-state index contributed by atoms with van der Waals surface area (Å²) in [6.45, 7) is 4.06. The number of hydrogen-bond donors (Lipinski definition) is 2. The third-order valence-corrected chi connectivity index (χ3v) is 7.16. The Morgan fingerprint density at radius 3 is 2.86 bits per heavy atom. The lowest BCUT2D eigenvalue weighted by molar-refractivity contribution is -0.159. The number of carbonyl (C=O) groups is 2. The molecule has 35 heavy (non-hydrogen) atoms. The average Bonchev–Trinajstić information content (AvgIpc) is 3.25. The lowest BCUT2D eigenvalue weighted by atomic mass is 9.65. The molecule has 3 aromatic rings. The number of rotatable bonds is 2. The number of hydrogen-bond acceptors (Lipinski definition) is 9. The van der Waals surface area contributed by atoms with Crippen LogP contribution in [-0.4, -0.2) is 65.2 Å². The van der Waals surface area contributed by atoms with Crippen LogP contribution in [0.4, 0.5) is 14.9 Å². The molecule has 2 N–H and O–H groups in total. The van der Waals surface area contributed by atoms with Gasteiger partial charge in [0.15, 0.2) is 5.82 Å². The van der Waals surface area contributed by atoms with Crippen LogP contribution in [0.5, 0.6) is 0 Å². The molecule has 3 aliphatic rings. The molecule has 3 amide bonds. The van der Waals surface area contributed by atoms with Crippen molar-refractivity contribution in [1.82, 2.24) is 25.8 Å². The van der Waals surface area contributed by atoms with Gasteiger partial charge < -0.3 is 24.2 Å². The molecule has 2 fully saturated rings. The quantitative estimate of drug-likeness (QED) is 0.561. The van der Waals surface area contributed by atoms with E-state index in [1.165, 1.54) is 25.7 Å². The van der Waals surface area contributed by atoms with E-state index in [-0.39, 0.29) is 18.1 Å². The van der Waals surface area contributed by atoms with E-state index < -0.39 is 41.5 Å². The summed E-state index contributed by atoms with van der Waals surface area (Å²) in [6, 6.07) is 0.507. The molecule has 11 nitrogen and oxygen atoms in total. The van der Waals surface area contributed by atoms with Crippen molar-refractivity contribution in [1.29, 1.82) is 0 Å². The highest BCUT2D eigenvalue weighted by molar-refractivity contribution is 6.02. The van der Waals surface area contributed by atoms with Gasteiger partial charge in [-0.15, -0.1) is 0 Å². The number of benzene rings is 1. The molecule has 5 heterocycles. The largest absolute Gasteiger partial charge is 0.372 e. The molecule has 1 spiro atoms. The second-order valence-electron chi connectivity index (χ2n) is 9.21. The van der Waals surface area contributed by atoms with Crippen LogP contribution in [0.25, 0.3) is 22.4 Å². The van der Waals surface area contributed by atoms with Crippen molar-refractivity contribution >= 4 is 28.6 Å². The minimum absolute atomic E-state index is 0.00408. The van der Waals surface area contributed by atoms with Gasteiger partial charge in [-0.1, -0.05) is 5.16 Å². The van der Waals surface area contributed by atoms with Crippen LogP contribution in [0.1, 0.15) is 19.4 Å². The van der Waals surface area contributed by atoms with Crippen LogP contribution in [0, 0.1) is 11.2 Å². The van der Waals surface area contributed by atoms with Crippen molar-refractivity contribution in [2.75, 3.05) is 18.6 Å². The average molecular weight is 482 g/mol. The molecular formula is C23H23FN6O5. The third kappa shape index (κ3) is 2.99. The van der Waals surface area contributed by atoms with Gasteiger partial charge in [0.25, 0.3) is 0 Å². The second-order valence-corrected chi connectivity index (χ2v) is 9.21. The second kappa shape index (κ2) is 7.68.